The van der Waals surface area contributed by atoms with Crippen LogP contribution in [0.5, 0.6) is 11.5 Å². The molecule has 0 bridgehead atoms. The number of allylic oxidation sites excluding steroid dienone is 1. The van der Waals surface area contributed by atoms with Crippen LogP contribution in [0.25, 0.3) is 0 Å². The van der Waals surface area contributed by atoms with Gasteiger partial charge in [-0.15, -0.1) is 0 Å². The van der Waals surface area contributed by atoms with Crippen LogP contribution >= 0.6 is 0 Å². The van der Waals surface area contributed by atoms with Gasteiger partial charge in [-0.3, -0.25) is 9.69 Å². The lowest BCUT2D eigenvalue weighted by molar-refractivity contribution is -0.119. The molecule has 5 rings (SSSR count). The molecule has 1 unspecified atom stereocenters. The maximum atomic E-state index is 13.9. The number of amides is 2. The molecule has 2 aromatic carbocycles. The Morgan fingerprint density at radius 3 is 2.41 bits per heavy atom. The lowest BCUT2D eigenvalue weighted by Crippen LogP contribution is -2.55. The van der Waals surface area contributed by atoms with E-state index in [0.29, 0.717) is 43.9 Å². The van der Waals surface area contributed by atoms with E-state index in [1.807, 2.05) is 40.1 Å². The highest BCUT2D eigenvalue weighted by Crippen LogP contribution is 2.50. The number of ketones is 1. The van der Waals surface area contributed by atoms with Gasteiger partial charge in [0.05, 0.1) is 20.3 Å². The first-order valence-electron chi connectivity index (χ1n) is 12.0. The minimum absolute atomic E-state index is 0.00869. The second kappa shape index (κ2) is 8.49. The Labute approximate surface area is 201 Å². The summed E-state index contributed by atoms with van der Waals surface area (Å²) < 4.78 is 11.1. The zero-order valence-electron chi connectivity index (χ0n) is 20.4. The maximum absolute atomic E-state index is 13.9. The summed E-state index contributed by atoms with van der Waals surface area (Å²) in [6.07, 6.45) is 2.66. The minimum atomic E-state index is -0.373. The molecular weight excluding hydrogens is 428 g/mol. The zero-order valence-corrected chi connectivity index (χ0v) is 20.4. The molecule has 0 saturated carbocycles. The third-order valence-electron chi connectivity index (χ3n) is 7.31. The number of Topliss-reactive ketones (excluding diaryl/α,β-unsaturated/α-hetero) is 1. The van der Waals surface area contributed by atoms with Crippen LogP contribution < -0.4 is 9.47 Å². The molecule has 2 aromatic rings. The van der Waals surface area contributed by atoms with E-state index in [-0.39, 0.29) is 23.3 Å². The fourth-order valence-electron chi connectivity index (χ4n) is 5.70. The lowest BCUT2D eigenvalue weighted by atomic mass is 9.71. The first-order valence-corrected chi connectivity index (χ1v) is 12.0. The van der Waals surface area contributed by atoms with Crippen LogP contribution in [0.3, 0.4) is 0 Å². The van der Waals surface area contributed by atoms with Gasteiger partial charge in [0.1, 0.15) is 0 Å². The topological polar surface area (TPSA) is 59.1 Å². The number of hydrogen-bond donors (Lipinski definition) is 0. The average molecular weight is 461 g/mol. The first kappa shape index (κ1) is 22.5. The first-order chi connectivity index (χ1) is 16.3. The Kier molecular flexibility index (Phi) is 5.62. The van der Waals surface area contributed by atoms with E-state index in [1.54, 1.807) is 14.2 Å². The van der Waals surface area contributed by atoms with Crippen LogP contribution in [0.2, 0.25) is 0 Å². The summed E-state index contributed by atoms with van der Waals surface area (Å²) in [4.78, 5) is 31.3. The molecule has 0 aromatic heterocycles. The van der Waals surface area contributed by atoms with Gasteiger partial charge in [-0.25, -0.2) is 4.79 Å². The summed E-state index contributed by atoms with van der Waals surface area (Å²) >= 11 is 0. The molecule has 6 heteroatoms. The van der Waals surface area contributed by atoms with Crippen LogP contribution in [0.4, 0.5) is 4.79 Å². The van der Waals surface area contributed by atoms with Gasteiger partial charge in [0.15, 0.2) is 17.3 Å². The standard InChI is InChI=1S/C28H32N2O4/c1-28(2)16-21-25(22(31)17-28)26-20-15-24(34-4)23(33-3)14-19(20)11-13-30(26)27(32)29(21)12-10-18-8-6-5-7-9-18/h5-9,14-15,26H,10-13,16-17H2,1-4H3. The fourth-order valence-corrected chi connectivity index (χ4v) is 5.70. The van der Waals surface area contributed by atoms with Gasteiger partial charge in [0.2, 0.25) is 0 Å². The molecule has 2 amide bonds. The highest BCUT2D eigenvalue weighted by molar-refractivity contribution is 6.01. The third kappa shape index (κ3) is 3.75. The van der Waals surface area contributed by atoms with Gasteiger partial charge in [-0.05, 0) is 53.5 Å². The number of rotatable bonds is 5. The van der Waals surface area contributed by atoms with E-state index in [1.165, 1.54) is 5.56 Å². The Balaban J connectivity index is 1.62. The Morgan fingerprint density at radius 2 is 1.71 bits per heavy atom. The number of benzene rings is 2. The van der Waals surface area contributed by atoms with Crippen molar-refractivity contribution in [1.29, 1.82) is 0 Å². The van der Waals surface area contributed by atoms with E-state index in [9.17, 15) is 9.59 Å². The van der Waals surface area contributed by atoms with Crippen LogP contribution in [-0.2, 0) is 17.6 Å². The normalized spacial score (nSPS) is 21.1. The molecule has 178 valence electrons. The van der Waals surface area contributed by atoms with Gasteiger partial charge >= 0.3 is 6.03 Å². The number of hydrogen-bond acceptors (Lipinski definition) is 4. The number of fused-ring (bicyclic) bond motifs is 4. The van der Waals surface area contributed by atoms with Crippen molar-refractivity contribution in [3.05, 3.63) is 70.4 Å². The van der Waals surface area contributed by atoms with Crippen LogP contribution in [0, 0.1) is 5.41 Å². The molecular formula is C28H32N2O4. The molecule has 0 saturated heterocycles. The van der Waals surface area contributed by atoms with Crippen molar-refractivity contribution in [2.24, 2.45) is 5.41 Å². The SMILES string of the molecule is COc1cc2c(cc1OC)C1C3=C(CC(C)(C)CC3=O)N(CCc3ccccc3)C(=O)N1CC2. The fraction of sp³-hybridized carbons (Fsp3) is 0.429. The minimum Gasteiger partial charge on any atom is -0.493 e. The average Bonchev–Trinajstić information content (AvgIpc) is 2.82. The van der Waals surface area contributed by atoms with Crippen molar-refractivity contribution < 1.29 is 19.1 Å². The largest absolute Gasteiger partial charge is 0.493 e. The summed E-state index contributed by atoms with van der Waals surface area (Å²) in [5.74, 6) is 1.43. The molecule has 0 N–H and O–H groups in total. The van der Waals surface area contributed by atoms with Gasteiger partial charge in [0.25, 0.3) is 0 Å². The molecule has 34 heavy (non-hydrogen) atoms. The summed E-state index contributed by atoms with van der Waals surface area (Å²) in [5, 5.41) is 0. The number of methoxy groups -OCH3 is 2. The van der Waals surface area contributed by atoms with Gasteiger partial charge in [-0.2, -0.15) is 0 Å². The molecule has 2 aliphatic heterocycles. The molecule has 2 heterocycles. The van der Waals surface area contributed by atoms with Crippen molar-refractivity contribution in [3.63, 3.8) is 0 Å². The highest BCUT2D eigenvalue weighted by atomic mass is 16.5. The molecule has 1 atom stereocenters. The second-order valence-corrected chi connectivity index (χ2v) is 10.2. The van der Waals surface area contributed by atoms with E-state index < -0.39 is 0 Å². The molecule has 0 fully saturated rings. The second-order valence-electron chi connectivity index (χ2n) is 10.2. The quantitative estimate of drug-likeness (QED) is 0.635. The summed E-state index contributed by atoms with van der Waals surface area (Å²) in [6.45, 7) is 5.36. The predicted molar refractivity (Wildman–Crippen MR) is 130 cm³/mol. The van der Waals surface area contributed by atoms with Crippen molar-refractivity contribution in [2.45, 2.75) is 45.6 Å². The van der Waals surface area contributed by atoms with Crippen LogP contribution in [0.1, 0.15) is 49.4 Å². The number of carbonyl (C=O) groups excluding carboxylic acids is 2. The highest BCUT2D eigenvalue weighted by Gasteiger charge is 2.49. The van der Waals surface area contributed by atoms with Crippen LogP contribution in [0.15, 0.2) is 53.7 Å². The Bertz CT molecular complexity index is 1170. The number of urea groups is 1. The third-order valence-corrected chi connectivity index (χ3v) is 7.31. The zero-order chi connectivity index (χ0) is 24.0. The van der Waals surface area contributed by atoms with Crippen LogP contribution in [-0.4, -0.2) is 48.9 Å². The summed E-state index contributed by atoms with van der Waals surface area (Å²) in [5.41, 5.74) is 4.75. The van der Waals surface area contributed by atoms with Crippen molar-refractivity contribution in [1.82, 2.24) is 9.80 Å². The van der Waals surface area contributed by atoms with Crippen molar-refractivity contribution in [3.8, 4) is 11.5 Å². The van der Waals surface area contributed by atoms with E-state index in [0.717, 1.165) is 28.8 Å². The number of ether oxygens (including phenoxy) is 2. The van der Waals surface area contributed by atoms with Crippen molar-refractivity contribution >= 4 is 11.8 Å². The van der Waals surface area contributed by atoms with Gasteiger partial charge < -0.3 is 14.4 Å². The van der Waals surface area contributed by atoms with E-state index >= 15 is 0 Å². The molecule has 3 aliphatic rings. The Hall–Kier alpha value is -3.28. The molecule has 0 spiro atoms. The number of nitrogens with zero attached hydrogens (tertiary/aromatic N) is 2. The summed E-state index contributed by atoms with van der Waals surface area (Å²) in [7, 11) is 3.24. The lowest BCUT2D eigenvalue weighted by Gasteiger charge is -2.50. The van der Waals surface area contributed by atoms with Crippen molar-refractivity contribution in [2.75, 3.05) is 27.3 Å². The van der Waals surface area contributed by atoms with Gasteiger partial charge in [0, 0.05) is 30.8 Å². The van der Waals surface area contributed by atoms with Gasteiger partial charge in [-0.1, -0.05) is 44.2 Å². The smallest absolute Gasteiger partial charge is 0.325 e. The molecule has 1 aliphatic carbocycles. The van der Waals surface area contributed by atoms with E-state index in [2.05, 4.69) is 26.0 Å². The predicted octanol–water partition coefficient (Wildman–Crippen LogP) is 4.92. The summed E-state index contributed by atoms with van der Waals surface area (Å²) in [6, 6.07) is 13.8. The maximum Gasteiger partial charge on any atom is 0.325 e. The van der Waals surface area contributed by atoms with E-state index in [4.69, 9.17) is 9.47 Å². The molecule has 0 radical (unpaired) electrons. The monoisotopic (exact) mass is 460 g/mol. The number of carbonyl (C=O) groups is 2. The molecule has 6 nitrogen and oxygen atoms in total. The Morgan fingerprint density at radius 1 is 1.00 bits per heavy atom.